The van der Waals surface area contributed by atoms with Crippen LogP contribution in [-0.2, 0) is 15.3 Å². The molecule has 0 fully saturated rings. The van der Waals surface area contributed by atoms with E-state index in [-0.39, 0.29) is 16.4 Å². The van der Waals surface area contributed by atoms with Crippen molar-refractivity contribution in [3.8, 4) is 0 Å². The lowest BCUT2D eigenvalue weighted by Gasteiger charge is -2.38. The first kappa shape index (κ1) is 19.7. The summed E-state index contributed by atoms with van der Waals surface area (Å²) in [4.78, 5) is 24.8. The highest BCUT2D eigenvalue weighted by molar-refractivity contribution is 6.30. The number of rotatable bonds is 2. The zero-order valence-electron chi connectivity index (χ0n) is 14.0. The predicted molar refractivity (Wildman–Crippen MR) is 90.6 cm³/mol. The molecule has 2 aromatic carbocycles. The minimum absolute atomic E-state index is 0.0512. The lowest BCUT2D eigenvalue weighted by atomic mass is 10.0. The number of nitrogens with one attached hydrogen (secondary N) is 1. The van der Waals surface area contributed by atoms with Crippen molar-refractivity contribution >= 4 is 35.2 Å². The molecule has 0 aliphatic carbocycles. The number of halogens is 5. The number of benzene rings is 2. The molecule has 1 atom stereocenters. The average molecular weight is 419 g/mol. The second kappa shape index (κ2) is 6.86. The van der Waals surface area contributed by atoms with Gasteiger partial charge in [0, 0.05) is 17.8 Å². The van der Waals surface area contributed by atoms with Gasteiger partial charge in [0.1, 0.15) is 5.82 Å². The number of hydrogen-bond acceptors (Lipinski definition) is 4. The Morgan fingerprint density at radius 1 is 1.21 bits per heavy atom. The van der Waals surface area contributed by atoms with Crippen molar-refractivity contribution in [3.05, 3.63) is 58.9 Å². The molecule has 0 saturated heterocycles. The van der Waals surface area contributed by atoms with E-state index >= 15 is 0 Å². The van der Waals surface area contributed by atoms with Crippen LogP contribution in [0.3, 0.4) is 0 Å². The van der Waals surface area contributed by atoms with Crippen LogP contribution in [-0.4, -0.2) is 25.4 Å². The van der Waals surface area contributed by atoms with Crippen LogP contribution in [0.1, 0.15) is 5.56 Å². The van der Waals surface area contributed by atoms with Gasteiger partial charge in [-0.05, 0) is 42.5 Å². The highest BCUT2D eigenvalue weighted by atomic mass is 35.5. The molecule has 11 heteroatoms. The normalized spacial score (nSPS) is 18.6. The maximum atomic E-state index is 14.0. The molecule has 1 unspecified atom stereocenters. The zero-order valence-corrected chi connectivity index (χ0v) is 14.8. The van der Waals surface area contributed by atoms with E-state index in [0.29, 0.717) is 4.90 Å². The standard InChI is InChI=1S/C17H11ClF4N2O4/c1-24(11-5-3-10(19)4-6-11)15(26)28-16(17(20,21)22)12-8-9(18)2-7-13(12)23-14(25)27-16/h2-8H,1H3,(H,23,25). The molecule has 0 saturated carbocycles. The largest absolute Gasteiger partial charge is 0.473 e. The van der Waals surface area contributed by atoms with Gasteiger partial charge in [-0.15, -0.1) is 0 Å². The van der Waals surface area contributed by atoms with Crippen LogP contribution in [0.25, 0.3) is 0 Å². The molecule has 6 nitrogen and oxygen atoms in total. The zero-order chi connectivity index (χ0) is 20.7. The highest BCUT2D eigenvalue weighted by Gasteiger charge is 2.66. The molecule has 3 rings (SSSR count). The first-order valence-electron chi connectivity index (χ1n) is 7.62. The van der Waals surface area contributed by atoms with E-state index in [2.05, 4.69) is 14.8 Å². The molecular formula is C17H11ClF4N2O4. The number of hydrogen-bond donors (Lipinski definition) is 1. The Morgan fingerprint density at radius 3 is 2.46 bits per heavy atom. The van der Waals surface area contributed by atoms with Crippen molar-refractivity contribution in [2.24, 2.45) is 0 Å². The Kier molecular flexibility index (Phi) is 4.84. The number of alkyl halides is 3. The summed E-state index contributed by atoms with van der Waals surface area (Å²) in [7, 11) is 1.11. The number of amides is 2. The number of ether oxygens (including phenoxy) is 2. The van der Waals surface area contributed by atoms with Gasteiger partial charge in [-0.25, -0.2) is 14.0 Å². The van der Waals surface area contributed by atoms with Gasteiger partial charge >= 0.3 is 24.1 Å². The molecule has 0 aromatic heterocycles. The summed E-state index contributed by atoms with van der Waals surface area (Å²) in [6, 6.07) is 7.59. The lowest BCUT2D eigenvalue weighted by Crippen LogP contribution is -2.54. The van der Waals surface area contributed by atoms with Crippen LogP contribution in [0.15, 0.2) is 42.5 Å². The number of carbonyl (C=O) groups is 2. The Balaban J connectivity index is 2.04. The molecule has 1 aliphatic rings. The summed E-state index contributed by atoms with van der Waals surface area (Å²) in [6.45, 7) is 0. The molecule has 2 amide bonds. The maximum Gasteiger partial charge on any atom is 0.473 e. The van der Waals surface area contributed by atoms with E-state index < -0.39 is 35.5 Å². The summed E-state index contributed by atoms with van der Waals surface area (Å²) in [6.07, 6.45) is -8.29. The SMILES string of the molecule is CN(C(=O)OC1(C(F)(F)F)OC(=O)Nc2ccc(Cl)cc21)c1ccc(F)cc1. The van der Waals surface area contributed by atoms with Gasteiger partial charge in [-0.1, -0.05) is 11.6 Å². The number of fused-ring (bicyclic) bond motifs is 1. The fourth-order valence-corrected chi connectivity index (χ4v) is 2.70. The molecule has 0 spiro atoms. The fourth-order valence-electron chi connectivity index (χ4n) is 2.52. The summed E-state index contributed by atoms with van der Waals surface area (Å²) >= 11 is 5.78. The minimum Gasteiger partial charge on any atom is -0.393 e. The van der Waals surface area contributed by atoms with Gasteiger partial charge in [0.15, 0.2) is 0 Å². The Labute approximate surface area is 160 Å². The van der Waals surface area contributed by atoms with E-state index in [1.807, 2.05) is 0 Å². The van der Waals surface area contributed by atoms with Gasteiger partial charge in [0.2, 0.25) is 0 Å². The van der Waals surface area contributed by atoms with Crippen LogP contribution in [0, 0.1) is 5.82 Å². The molecular weight excluding hydrogens is 408 g/mol. The van der Waals surface area contributed by atoms with Gasteiger partial charge in [0.05, 0.1) is 11.3 Å². The van der Waals surface area contributed by atoms with Gasteiger partial charge in [-0.2, -0.15) is 13.2 Å². The predicted octanol–water partition coefficient (Wildman–Crippen LogP) is 5.03. The van der Waals surface area contributed by atoms with Gasteiger partial charge < -0.3 is 9.47 Å². The average Bonchev–Trinajstić information content (AvgIpc) is 2.61. The van der Waals surface area contributed by atoms with Crippen LogP contribution in [0.4, 0.5) is 38.5 Å². The minimum atomic E-state index is -5.33. The van der Waals surface area contributed by atoms with E-state index in [4.69, 9.17) is 11.6 Å². The van der Waals surface area contributed by atoms with Gasteiger partial charge in [-0.3, -0.25) is 10.2 Å². The smallest absolute Gasteiger partial charge is 0.393 e. The Morgan fingerprint density at radius 2 is 1.86 bits per heavy atom. The molecule has 1 heterocycles. The topological polar surface area (TPSA) is 67.9 Å². The third kappa shape index (κ3) is 3.42. The Bertz CT molecular complexity index is 936. The monoisotopic (exact) mass is 418 g/mol. The molecule has 0 bridgehead atoms. The van der Waals surface area contributed by atoms with E-state index in [9.17, 15) is 27.2 Å². The number of cyclic esters (lactones) is 1. The van der Waals surface area contributed by atoms with Crippen molar-refractivity contribution in [3.63, 3.8) is 0 Å². The van der Waals surface area contributed by atoms with E-state index in [1.54, 1.807) is 0 Å². The van der Waals surface area contributed by atoms with Crippen molar-refractivity contribution in [2.75, 3.05) is 17.3 Å². The highest BCUT2D eigenvalue weighted by Crippen LogP contribution is 2.49. The van der Waals surface area contributed by atoms with E-state index in [1.165, 1.54) is 6.07 Å². The third-order valence-corrected chi connectivity index (χ3v) is 4.14. The molecule has 148 valence electrons. The van der Waals surface area contributed by atoms with Crippen molar-refractivity contribution < 1.29 is 36.6 Å². The summed E-state index contributed by atoms with van der Waals surface area (Å²) in [5, 5.41) is 1.99. The molecule has 0 radical (unpaired) electrons. The molecule has 28 heavy (non-hydrogen) atoms. The summed E-state index contributed by atoms with van der Waals surface area (Å²) < 4.78 is 64.0. The van der Waals surface area contributed by atoms with Gasteiger partial charge in [0.25, 0.3) is 0 Å². The van der Waals surface area contributed by atoms with Crippen LogP contribution in [0.2, 0.25) is 5.02 Å². The second-order valence-corrected chi connectivity index (χ2v) is 6.16. The maximum absolute atomic E-state index is 14.0. The fraction of sp³-hybridized carbons (Fsp3) is 0.176. The quantitative estimate of drug-likeness (QED) is 0.695. The van der Waals surface area contributed by atoms with Crippen LogP contribution < -0.4 is 10.2 Å². The lowest BCUT2D eigenvalue weighted by molar-refractivity contribution is -0.350. The van der Waals surface area contributed by atoms with Crippen LogP contribution in [0.5, 0.6) is 0 Å². The Hall–Kier alpha value is -3.01. The second-order valence-electron chi connectivity index (χ2n) is 5.72. The summed E-state index contributed by atoms with van der Waals surface area (Å²) in [5.74, 6) is -4.32. The molecule has 2 aromatic rings. The van der Waals surface area contributed by atoms with Crippen molar-refractivity contribution in [1.29, 1.82) is 0 Å². The number of anilines is 2. The van der Waals surface area contributed by atoms with Crippen molar-refractivity contribution in [2.45, 2.75) is 12.0 Å². The third-order valence-electron chi connectivity index (χ3n) is 3.90. The first-order valence-corrected chi connectivity index (χ1v) is 8.00. The first-order chi connectivity index (χ1) is 13.0. The van der Waals surface area contributed by atoms with Crippen molar-refractivity contribution in [1.82, 2.24) is 0 Å². The molecule has 1 aliphatic heterocycles. The van der Waals surface area contributed by atoms with Crippen LogP contribution >= 0.6 is 11.6 Å². The number of nitrogens with zero attached hydrogens (tertiary/aromatic N) is 1. The molecule has 1 N–H and O–H groups in total. The summed E-state index contributed by atoms with van der Waals surface area (Å²) in [5.41, 5.74) is -0.932. The number of carbonyl (C=O) groups excluding carboxylic acids is 2. The van der Waals surface area contributed by atoms with E-state index in [0.717, 1.165) is 43.4 Å².